The zero-order chi connectivity index (χ0) is 14.7. The van der Waals surface area contributed by atoms with Gasteiger partial charge in [-0.25, -0.2) is 10.4 Å². The van der Waals surface area contributed by atoms with Gasteiger partial charge in [0.15, 0.2) is 0 Å². The van der Waals surface area contributed by atoms with E-state index in [0.29, 0.717) is 17.8 Å². The van der Waals surface area contributed by atoms with E-state index < -0.39 is 0 Å². The second-order valence-corrected chi connectivity index (χ2v) is 4.57. The minimum Gasteiger partial charge on any atom is -0.321 e. The number of imidazole rings is 1. The lowest BCUT2D eigenvalue weighted by molar-refractivity contribution is -0.121. The van der Waals surface area contributed by atoms with Gasteiger partial charge < -0.3 is 9.88 Å². The van der Waals surface area contributed by atoms with Gasteiger partial charge in [-0.05, 0) is 18.2 Å². The van der Waals surface area contributed by atoms with Gasteiger partial charge in [0.2, 0.25) is 5.91 Å². The Bertz CT molecular complexity index is 706. The van der Waals surface area contributed by atoms with Crippen molar-refractivity contribution in [1.82, 2.24) is 15.0 Å². The molecule has 2 aromatic rings. The first kappa shape index (κ1) is 13.0. The average molecular weight is 283 g/mol. The van der Waals surface area contributed by atoms with E-state index in [2.05, 4.69) is 20.8 Å². The molecule has 2 amide bonds. The van der Waals surface area contributed by atoms with Crippen LogP contribution < -0.4 is 10.7 Å². The number of hydrazone groups is 1. The van der Waals surface area contributed by atoms with Gasteiger partial charge in [0.1, 0.15) is 5.71 Å². The Labute approximate surface area is 120 Å². The molecular formula is C14H13N5O2. The lowest BCUT2D eigenvalue weighted by Gasteiger charge is -2.12. The topological polar surface area (TPSA) is 88.4 Å². The van der Waals surface area contributed by atoms with E-state index in [1.54, 1.807) is 18.6 Å². The van der Waals surface area contributed by atoms with Crippen LogP contribution in [0.5, 0.6) is 0 Å². The summed E-state index contributed by atoms with van der Waals surface area (Å²) in [7, 11) is 0. The molecule has 0 atom stereocenters. The molecule has 0 aliphatic carbocycles. The van der Waals surface area contributed by atoms with Gasteiger partial charge in [-0.15, -0.1) is 0 Å². The normalized spacial score (nSPS) is 14.3. The van der Waals surface area contributed by atoms with Crippen LogP contribution in [0.2, 0.25) is 0 Å². The van der Waals surface area contributed by atoms with Crippen LogP contribution in [0.25, 0.3) is 5.69 Å². The van der Waals surface area contributed by atoms with Crippen molar-refractivity contribution in [1.29, 1.82) is 0 Å². The van der Waals surface area contributed by atoms with Crippen LogP contribution >= 0.6 is 0 Å². The van der Waals surface area contributed by atoms with Gasteiger partial charge in [0.25, 0.3) is 5.91 Å². The third-order valence-electron chi connectivity index (χ3n) is 3.07. The fourth-order valence-corrected chi connectivity index (χ4v) is 2.00. The molecule has 0 fully saturated rings. The summed E-state index contributed by atoms with van der Waals surface area (Å²) in [4.78, 5) is 27.1. The molecule has 21 heavy (non-hydrogen) atoms. The number of anilines is 1. The smallest absolute Gasteiger partial charge is 0.271 e. The maximum atomic E-state index is 12.1. The largest absolute Gasteiger partial charge is 0.321 e. The predicted octanol–water partition coefficient (Wildman–Crippen LogP) is 1.08. The van der Waals surface area contributed by atoms with E-state index in [-0.39, 0.29) is 18.2 Å². The number of amides is 2. The van der Waals surface area contributed by atoms with Crippen LogP contribution in [0.15, 0.2) is 48.1 Å². The number of aromatic nitrogens is 2. The monoisotopic (exact) mass is 283 g/mol. The Morgan fingerprint density at radius 2 is 2.24 bits per heavy atom. The lowest BCUT2D eigenvalue weighted by atomic mass is 10.1. The van der Waals surface area contributed by atoms with Crippen molar-refractivity contribution in [2.24, 2.45) is 5.10 Å². The molecule has 7 heteroatoms. The molecule has 0 spiro atoms. The van der Waals surface area contributed by atoms with Gasteiger partial charge in [0.05, 0.1) is 6.33 Å². The van der Waals surface area contributed by atoms with Crippen molar-refractivity contribution in [2.45, 2.75) is 12.8 Å². The highest BCUT2D eigenvalue weighted by Crippen LogP contribution is 2.15. The van der Waals surface area contributed by atoms with Crippen molar-refractivity contribution in [2.75, 3.05) is 5.32 Å². The highest BCUT2D eigenvalue weighted by atomic mass is 16.2. The Morgan fingerprint density at radius 3 is 2.95 bits per heavy atom. The summed E-state index contributed by atoms with van der Waals surface area (Å²) in [5.41, 5.74) is 4.18. The molecular weight excluding hydrogens is 270 g/mol. The number of rotatable bonds is 3. The fraction of sp³-hybridized carbons (Fsp3) is 0.143. The molecule has 1 aromatic carbocycles. The van der Waals surface area contributed by atoms with Gasteiger partial charge in [-0.2, -0.15) is 5.10 Å². The average Bonchev–Trinajstić information content (AvgIpc) is 3.02. The first-order chi connectivity index (χ1) is 10.2. The second-order valence-electron chi connectivity index (χ2n) is 4.57. The van der Waals surface area contributed by atoms with Crippen LogP contribution in [-0.4, -0.2) is 27.1 Å². The van der Waals surface area contributed by atoms with E-state index in [0.717, 1.165) is 5.69 Å². The lowest BCUT2D eigenvalue weighted by Crippen LogP contribution is -2.32. The molecule has 1 aliphatic heterocycles. The summed E-state index contributed by atoms with van der Waals surface area (Å²) in [6.07, 6.45) is 5.81. The van der Waals surface area contributed by atoms with Crippen LogP contribution in [0.3, 0.4) is 0 Å². The molecule has 0 saturated carbocycles. The molecule has 106 valence electrons. The van der Waals surface area contributed by atoms with Crippen molar-refractivity contribution < 1.29 is 9.59 Å². The van der Waals surface area contributed by atoms with Gasteiger partial charge in [0, 0.05) is 36.6 Å². The van der Waals surface area contributed by atoms with E-state index in [4.69, 9.17) is 0 Å². The third-order valence-corrected chi connectivity index (χ3v) is 3.07. The molecule has 0 radical (unpaired) electrons. The number of hydrogen-bond donors (Lipinski definition) is 2. The van der Waals surface area contributed by atoms with E-state index in [9.17, 15) is 9.59 Å². The molecule has 1 aromatic heterocycles. The standard InChI is InChI=1S/C14H13N5O2/c20-13-5-4-12(17-18-13)14(21)16-10-2-1-3-11(8-10)19-7-6-15-9-19/h1-3,6-9H,4-5H2,(H,16,21)(H,18,20). The van der Waals surface area contributed by atoms with Crippen molar-refractivity contribution in [3.63, 3.8) is 0 Å². The Balaban J connectivity index is 1.75. The van der Waals surface area contributed by atoms with Crippen LogP contribution in [0.4, 0.5) is 5.69 Å². The zero-order valence-corrected chi connectivity index (χ0v) is 11.1. The predicted molar refractivity (Wildman–Crippen MR) is 77.0 cm³/mol. The zero-order valence-electron chi connectivity index (χ0n) is 11.1. The minimum atomic E-state index is -0.308. The number of hydrogen-bond acceptors (Lipinski definition) is 4. The van der Waals surface area contributed by atoms with Crippen molar-refractivity contribution in [3.05, 3.63) is 43.0 Å². The maximum absolute atomic E-state index is 12.1. The fourth-order valence-electron chi connectivity index (χ4n) is 2.00. The third kappa shape index (κ3) is 2.97. The number of nitrogens with zero attached hydrogens (tertiary/aromatic N) is 3. The molecule has 2 heterocycles. The minimum absolute atomic E-state index is 0.173. The SMILES string of the molecule is O=C1CCC(C(=O)Nc2cccc(-n3ccnc3)c2)=NN1. The van der Waals surface area contributed by atoms with E-state index >= 15 is 0 Å². The molecule has 0 saturated heterocycles. The Morgan fingerprint density at radius 1 is 1.33 bits per heavy atom. The van der Waals surface area contributed by atoms with Crippen LogP contribution in [0, 0.1) is 0 Å². The quantitative estimate of drug-likeness (QED) is 0.883. The van der Waals surface area contributed by atoms with Gasteiger partial charge in [-0.3, -0.25) is 9.59 Å². The first-order valence-electron chi connectivity index (χ1n) is 6.47. The summed E-state index contributed by atoms with van der Waals surface area (Å²) in [5, 5.41) is 6.54. The second kappa shape index (κ2) is 5.58. The summed E-state index contributed by atoms with van der Waals surface area (Å²) in [6, 6.07) is 7.38. The summed E-state index contributed by atoms with van der Waals surface area (Å²) < 4.78 is 1.84. The molecule has 0 unspecified atom stereocenters. The van der Waals surface area contributed by atoms with Crippen LogP contribution in [0.1, 0.15) is 12.8 Å². The highest BCUT2D eigenvalue weighted by Gasteiger charge is 2.18. The van der Waals surface area contributed by atoms with Gasteiger partial charge in [-0.1, -0.05) is 6.07 Å². The Hall–Kier alpha value is -2.96. The molecule has 7 nitrogen and oxygen atoms in total. The summed E-state index contributed by atoms with van der Waals surface area (Å²) in [5.74, 6) is -0.480. The summed E-state index contributed by atoms with van der Waals surface area (Å²) in [6.45, 7) is 0. The highest BCUT2D eigenvalue weighted by molar-refractivity contribution is 6.43. The first-order valence-corrected chi connectivity index (χ1v) is 6.47. The summed E-state index contributed by atoms with van der Waals surface area (Å²) >= 11 is 0. The van der Waals surface area contributed by atoms with Crippen molar-refractivity contribution in [3.8, 4) is 5.69 Å². The Kier molecular flexibility index (Phi) is 3.46. The van der Waals surface area contributed by atoms with Crippen molar-refractivity contribution >= 4 is 23.2 Å². The number of carbonyl (C=O) groups excluding carboxylic acids is 2. The van der Waals surface area contributed by atoms with Crippen LogP contribution in [-0.2, 0) is 9.59 Å². The number of benzene rings is 1. The van der Waals surface area contributed by atoms with E-state index in [1.165, 1.54) is 0 Å². The molecule has 1 aliphatic rings. The number of carbonyl (C=O) groups is 2. The van der Waals surface area contributed by atoms with Gasteiger partial charge >= 0.3 is 0 Å². The number of nitrogens with one attached hydrogen (secondary N) is 2. The molecule has 0 bridgehead atoms. The molecule has 3 rings (SSSR count). The molecule has 2 N–H and O–H groups in total. The maximum Gasteiger partial charge on any atom is 0.271 e. The van der Waals surface area contributed by atoms with E-state index in [1.807, 2.05) is 29.0 Å².